The van der Waals surface area contributed by atoms with Crippen LogP contribution in [-0.2, 0) is 23.9 Å². The first-order valence-corrected chi connectivity index (χ1v) is 10.0. The summed E-state index contributed by atoms with van der Waals surface area (Å²) in [4.78, 5) is 61.3. The summed E-state index contributed by atoms with van der Waals surface area (Å²) < 4.78 is 4.88. The molecule has 0 aliphatic carbocycles. The molecular formula is C21H27N3O7. The van der Waals surface area contributed by atoms with E-state index in [1.807, 2.05) is 0 Å². The van der Waals surface area contributed by atoms with Crippen LogP contribution < -0.4 is 10.6 Å². The Morgan fingerprint density at radius 3 is 2.42 bits per heavy atom. The van der Waals surface area contributed by atoms with E-state index in [1.165, 1.54) is 4.90 Å². The molecule has 0 radical (unpaired) electrons. The van der Waals surface area contributed by atoms with Crippen LogP contribution in [0.15, 0.2) is 30.3 Å². The largest absolute Gasteiger partial charge is 0.480 e. The number of carboxylic acid groups (broad SMARTS) is 1. The number of rotatable bonds is 9. The van der Waals surface area contributed by atoms with Crippen molar-refractivity contribution in [2.75, 3.05) is 19.7 Å². The molecule has 1 saturated heterocycles. The van der Waals surface area contributed by atoms with E-state index in [0.29, 0.717) is 24.9 Å². The Balaban J connectivity index is 1.82. The molecule has 3 amide bonds. The molecule has 10 nitrogen and oxygen atoms in total. The molecule has 31 heavy (non-hydrogen) atoms. The van der Waals surface area contributed by atoms with Crippen molar-refractivity contribution in [2.24, 2.45) is 5.92 Å². The molecule has 1 aliphatic heterocycles. The quantitative estimate of drug-likeness (QED) is 0.472. The van der Waals surface area contributed by atoms with Gasteiger partial charge in [0.05, 0.1) is 12.1 Å². The zero-order chi connectivity index (χ0) is 23.0. The van der Waals surface area contributed by atoms with Crippen molar-refractivity contribution >= 4 is 29.7 Å². The van der Waals surface area contributed by atoms with Crippen LogP contribution in [0.5, 0.6) is 0 Å². The monoisotopic (exact) mass is 433 g/mol. The van der Waals surface area contributed by atoms with Gasteiger partial charge in [-0.25, -0.2) is 9.59 Å². The second-order valence-electron chi connectivity index (χ2n) is 7.54. The number of aliphatic carboxylic acids is 1. The predicted molar refractivity (Wildman–Crippen MR) is 109 cm³/mol. The van der Waals surface area contributed by atoms with E-state index >= 15 is 0 Å². The van der Waals surface area contributed by atoms with Gasteiger partial charge in [0.2, 0.25) is 11.8 Å². The summed E-state index contributed by atoms with van der Waals surface area (Å²) >= 11 is 0. The molecule has 2 rings (SSSR count). The van der Waals surface area contributed by atoms with Gasteiger partial charge in [0.25, 0.3) is 5.91 Å². The minimum atomic E-state index is -1.07. The first-order valence-electron chi connectivity index (χ1n) is 10.0. The minimum absolute atomic E-state index is 0.283. The third-order valence-corrected chi connectivity index (χ3v) is 4.86. The molecule has 0 unspecified atom stereocenters. The lowest BCUT2D eigenvalue weighted by molar-refractivity contribution is -0.150. The van der Waals surface area contributed by atoms with Gasteiger partial charge in [0.1, 0.15) is 12.1 Å². The van der Waals surface area contributed by atoms with Crippen molar-refractivity contribution in [3.8, 4) is 0 Å². The van der Waals surface area contributed by atoms with Crippen molar-refractivity contribution in [3.63, 3.8) is 0 Å². The highest BCUT2D eigenvalue weighted by Gasteiger charge is 2.38. The van der Waals surface area contributed by atoms with Crippen LogP contribution in [-0.4, -0.2) is 71.4 Å². The number of ether oxygens (including phenoxy) is 1. The van der Waals surface area contributed by atoms with Crippen molar-refractivity contribution in [1.29, 1.82) is 0 Å². The average Bonchev–Trinajstić information content (AvgIpc) is 3.24. The summed E-state index contributed by atoms with van der Waals surface area (Å²) in [6, 6.07) is 6.34. The van der Waals surface area contributed by atoms with E-state index in [1.54, 1.807) is 44.2 Å². The fourth-order valence-corrected chi connectivity index (χ4v) is 3.22. The van der Waals surface area contributed by atoms with Gasteiger partial charge < -0.3 is 25.4 Å². The molecule has 1 aliphatic rings. The van der Waals surface area contributed by atoms with Gasteiger partial charge in [-0.3, -0.25) is 14.4 Å². The zero-order valence-corrected chi connectivity index (χ0v) is 17.5. The predicted octanol–water partition coefficient (Wildman–Crippen LogP) is 0.176. The Kier molecular flexibility index (Phi) is 8.53. The number of carbonyl (C=O) groups is 5. The Labute approximate surface area is 179 Å². The zero-order valence-electron chi connectivity index (χ0n) is 17.5. The van der Waals surface area contributed by atoms with Gasteiger partial charge in [0.15, 0.2) is 6.61 Å². The number of amides is 3. The number of nitrogens with one attached hydrogen (secondary N) is 2. The highest BCUT2D eigenvalue weighted by Crippen LogP contribution is 2.20. The van der Waals surface area contributed by atoms with Crippen molar-refractivity contribution in [2.45, 2.75) is 38.8 Å². The summed E-state index contributed by atoms with van der Waals surface area (Å²) in [6.45, 7) is 2.81. The average molecular weight is 433 g/mol. The fraction of sp³-hybridized carbons (Fsp3) is 0.476. The first kappa shape index (κ1) is 23.8. The fourth-order valence-electron chi connectivity index (χ4n) is 3.22. The standard InChI is InChI=1S/C21H27N3O7/c1-13(2)18(19(27)24-10-6-9-15(24)20(28)29)23-16(25)11-22-17(26)12-31-21(30)14-7-4-3-5-8-14/h3-5,7-8,13,15,18H,6,9-12H2,1-2H3,(H,22,26)(H,23,25)(H,28,29)/t15-,18-/m0/s1. The van der Waals surface area contributed by atoms with Gasteiger partial charge in [-0.05, 0) is 30.9 Å². The minimum Gasteiger partial charge on any atom is -0.480 e. The molecular weight excluding hydrogens is 406 g/mol. The normalized spacial score (nSPS) is 16.5. The number of benzene rings is 1. The van der Waals surface area contributed by atoms with Crippen LogP contribution in [0, 0.1) is 5.92 Å². The van der Waals surface area contributed by atoms with E-state index < -0.39 is 54.9 Å². The first-order chi connectivity index (χ1) is 14.7. The van der Waals surface area contributed by atoms with Crippen LogP contribution in [0.25, 0.3) is 0 Å². The van der Waals surface area contributed by atoms with Crippen molar-refractivity contribution in [1.82, 2.24) is 15.5 Å². The Hall–Kier alpha value is -3.43. The van der Waals surface area contributed by atoms with Crippen LogP contribution in [0.2, 0.25) is 0 Å². The Bertz CT molecular complexity index is 826. The SMILES string of the molecule is CC(C)[C@H](NC(=O)CNC(=O)COC(=O)c1ccccc1)C(=O)N1CCC[C@H]1C(=O)O. The third-order valence-electron chi connectivity index (χ3n) is 4.86. The number of likely N-dealkylation sites (tertiary alicyclic amines) is 1. The number of hydrogen-bond acceptors (Lipinski definition) is 6. The molecule has 2 atom stereocenters. The molecule has 1 fully saturated rings. The maximum atomic E-state index is 12.8. The maximum Gasteiger partial charge on any atom is 0.338 e. The van der Waals surface area contributed by atoms with Gasteiger partial charge in [-0.2, -0.15) is 0 Å². The number of hydrogen-bond donors (Lipinski definition) is 3. The lowest BCUT2D eigenvalue weighted by atomic mass is 10.0. The molecule has 1 heterocycles. The van der Waals surface area contributed by atoms with Gasteiger partial charge in [-0.15, -0.1) is 0 Å². The second kappa shape index (κ2) is 11.1. The third kappa shape index (κ3) is 6.80. The lowest BCUT2D eigenvalue weighted by Gasteiger charge is -2.29. The lowest BCUT2D eigenvalue weighted by Crippen LogP contribution is -2.55. The van der Waals surface area contributed by atoms with Crippen molar-refractivity contribution < 1.29 is 33.8 Å². The van der Waals surface area contributed by atoms with Crippen LogP contribution in [0.3, 0.4) is 0 Å². The number of nitrogens with zero attached hydrogens (tertiary/aromatic N) is 1. The summed E-state index contributed by atoms with van der Waals surface area (Å²) in [5, 5.41) is 14.2. The molecule has 1 aromatic rings. The van der Waals surface area contributed by atoms with Crippen LogP contribution >= 0.6 is 0 Å². The smallest absolute Gasteiger partial charge is 0.338 e. The number of carbonyl (C=O) groups excluding carboxylic acids is 4. The molecule has 1 aromatic carbocycles. The van der Waals surface area contributed by atoms with E-state index in [-0.39, 0.29) is 5.92 Å². The van der Waals surface area contributed by atoms with Gasteiger partial charge in [-0.1, -0.05) is 32.0 Å². The maximum absolute atomic E-state index is 12.8. The van der Waals surface area contributed by atoms with E-state index in [9.17, 15) is 29.1 Å². The molecule has 0 bridgehead atoms. The number of esters is 1. The van der Waals surface area contributed by atoms with Crippen LogP contribution in [0.4, 0.5) is 0 Å². The molecule has 3 N–H and O–H groups in total. The van der Waals surface area contributed by atoms with Crippen LogP contribution in [0.1, 0.15) is 37.0 Å². The van der Waals surface area contributed by atoms with Crippen molar-refractivity contribution in [3.05, 3.63) is 35.9 Å². The molecule has 0 spiro atoms. The van der Waals surface area contributed by atoms with E-state index in [0.717, 1.165) is 0 Å². The summed E-state index contributed by atoms with van der Waals surface area (Å²) in [7, 11) is 0. The summed E-state index contributed by atoms with van der Waals surface area (Å²) in [6.07, 6.45) is 0.955. The highest BCUT2D eigenvalue weighted by atomic mass is 16.5. The molecule has 0 aromatic heterocycles. The molecule has 168 valence electrons. The number of carboxylic acids is 1. The molecule has 10 heteroatoms. The second-order valence-corrected chi connectivity index (χ2v) is 7.54. The topological polar surface area (TPSA) is 142 Å². The Morgan fingerprint density at radius 2 is 1.81 bits per heavy atom. The summed E-state index contributed by atoms with van der Waals surface area (Å²) in [5.41, 5.74) is 0.299. The van der Waals surface area contributed by atoms with E-state index in [4.69, 9.17) is 4.74 Å². The Morgan fingerprint density at radius 1 is 1.13 bits per heavy atom. The highest BCUT2D eigenvalue weighted by molar-refractivity contribution is 5.93. The van der Waals surface area contributed by atoms with Gasteiger partial charge >= 0.3 is 11.9 Å². The van der Waals surface area contributed by atoms with E-state index in [2.05, 4.69) is 10.6 Å². The van der Waals surface area contributed by atoms with Gasteiger partial charge in [0, 0.05) is 6.54 Å². The summed E-state index contributed by atoms with van der Waals surface area (Å²) in [5.74, 6) is -3.76. The molecule has 0 saturated carbocycles.